The molecule has 2 N–H and O–H groups in total. The summed E-state index contributed by atoms with van der Waals surface area (Å²) >= 11 is 0. The van der Waals surface area contributed by atoms with E-state index in [0.717, 1.165) is 12.5 Å². The van der Waals surface area contributed by atoms with Crippen LogP contribution in [0.4, 0.5) is 0 Å². The third-order valence-electron chi connectivity index (χ3n) is 3.54. The first-order valence-electron chi connectivity index (χ1n) is 7.90. The lowest BCUT2D eigenvalue weighted by Gasteiger charge is -2.17. The summed E-state index contributed by atoms with van der Waals surface area (Å²) in [4.78, 5) is 4.70. The summed E-state index contributed by atoms with van der Waals surface area (Å²) in [7, 11) is 0. The average molecular weight is 433 g/mol. The maximum atomic E-state index is 5.32. The fraction of sp³-hybridized carbons (Fsp3) is 0.250. The molecule has 0 radical (unpaired) electrons. The van der Waals surface area contributed by atoms with Gasteiger partial charge in [0.1, 0.15) is 0 Å². The zero-order valence-corrected chi connectivity index (χ0v) is 16.2. The largest absolute Gasteiger partial charge is 0.357 e. The molecule has 24 heavy (non-hydrogen) atoms. The second kappa shape index (κ2) is 11.5. The number of guanidine groups is 1. The van der Waals surface area contributed by atoms with Gasteiger partial charge >= 0.3 is 0 Å². The fourth-order valence-corrected chi connectivity index (χ4v) is 2.43. The van der Waals surface area contributed by atoms with Crippen LogP contribution >= 0.6 is 24.0 Å². The molecule has 2 aromatic carbocycles. The Kier molecular flexibility index (Phi) is 9.62. The first-order chi connectivity index (χ1) is 11.3. The molecule has 0 aliphatic heterocycles. The van der Waals surface area contributed by atoms with E-state index < -0.39 is 0 Å². The van der Waals surface area contributed by atoms with E-state index in [4.69, 9.17) is 11.4 Å². The van der Waals surface area contributed by atoms with Crippen molar-refractivity contribution in [1.82, 2.24) is 10.6 Å². The van der Waals surface area contributed by atoms with Crippen molar-refractivity contribution in [3.05, 3.63) is 71.8 Å². The Labute approximate surface area is 162 Å². The van der Waals surface area contributed by atoms with Gasteiger partial charge in [-0.2, -0.15) is 0 Å². The van der Waals surface area contributed by atoms with E-state index in [1.807, 2.05) is 19.1 Å². The fourth-order valence-electron chi connectivity index (χ4n) is 2.43. The number of terminal acetylenes is 1. The highest BCUT2D eigenvalue weighted by Gasteiger charge is 2.13. The van der Waals surface area contributed by atoms with Crippen LogP contribution in [0.5, 0.6) is 0 Å². The highest BCUT2D eigenvalue weighted by Crippen LogP contribution is 2.24. The molecule has 0 aromatic heterocycles. The number of hydrogen-bond acceptors (Lipinski definition) is 1. The van der Waals surface area contributed by atoms with Gasteiger partial charge in [-0.3, -0.25) is 4.99 Å². The molecule has 4 heteroatoms. The SMILES string of the molecule is C#CCNC(=NCC(c1ccccc1)c1ccccc1)NCC.I. The lowest BCUT2D eigenvalue weighted by Crippen LogP contribution is -2.37. The third-order valence-corrected chi connectivity index (χ3v) is 3.54. The van der Waals surface area contributed by atoms with Crippen LogP contribution in [0, 0.1) is 12.3 Å². The monoisotopic (exact) mass is 433 g/mol. The Bertz CT molecular complexity index is 608. The summed E-state index contributed by atoms with van der Waals surface area (Å²) in [6, 6.07) is 20.9. The van der Waals surface area contributed by atoms with Crippen molar-refractivity contribution >= 4 is 29.9 Å². The molecule has 0 spiro atoms. The summed E-state index contributed by atoms with van der Waals surface area (Å²) in [6.45, 7) is 3.97. The smallest absolute Gasteiger partial charge is 0.192 e. The van der Waals surface area contributed by atoms with E-state index in [1.165, 1.54) is 11.1 Å². The number of hydrogen-bond donors (Lipinski definition) is 2. The third kappa shape index (κ3) is 6.25. The zero-order chi connectivity index (χ0) is 16.3. The van der Waals surface area contributed by atoms with Gasteiger partial charge < -0.3 is 10.6 Å². The van der Waals surface area contributed by atoms with Gasteiger partial charge in [0.2, 0.25) is 0 Å². The van der Waals surface area contributed by atoms with Crippen molar-refractivity contribution in [2.24, 2.45) is 4.99 Å². The maximum Gasteiger partial charge on any atom is 0.192 e. The normalized spacial score (nSPS) is 10.6. The molecule has 0 fully saturated rings. The molecule has 0 saturated heterocycles. The van der Waals surface area contributed by atoms with Gasteiger partial charge in [0.05, 0.1) is 13.1 Å². The lowest BCUT2D eigenvalue weighted by molar-refractivity contribution is 0.792. The Balaban J connectivity index is 0.00000288. The van der Waals surface area contributed by atoms with Crippen molar-refractivity contribution in [1.29, 1.82) is 0 Å². The van der Waals surface area contributed by atoms with Crippen molar-refractivity contribution in [2.75, 3.05) is 19.6 Å². The van der Waals surface area contributed by atoms with E-state index in [2.05, 4.69) is 65.1 Å². The molecule has 126 valence electrons. The van der Waals surface area contributed by atoms with E-state index >= 15 is 0 Å². The number of nitrogens with one attached hydrogen (secondary N) is 2. The van der Waals surface area contributed by atoms with Gasteiger partial charge in [-0.15, -0.1) is 30.4 Å². The predicted octanol–water partition coefficient (Wildman–Crippen LogP) is 3.62. The minimum Gasteiger partial charge on any atom is -0.357 e. The van der Waals surface area contributed by atoms with Crippen LogP contribution < -0.4 is 10.6 Å². The Morgan fingerprint density at radius 3 is 2.00 bits per heavy atom. The highest BCUT2D eigenvalue weighted by atomic mass is 127. The van der Waals surface area contributed by atoms with Gasteiger partial charge in [-0.25, -0.2) is 0 Å². The number of nitrogens with zero attached hydrogens (tertiary/aromatic N) is 1. The van der Waals surface area contributed by atoms with Gasteiger partial charge in [-0.1, -0.05) is 66.6 Å². The molecule has 0 aliphatic rings. The van der Waals surface area contributed by atoms with E-state index in [0.29, 0.717) is 13.1 Å². The standard InChI is InChI=1S/C20H23N3.HI/c1-3-15-22-20(21-4-2)23-16-19(17-11-7-5-8-12-17)18-13-9-6-10-14-18;/h1,5-14,19H,4,15-16H2,2H3,(H2,21,22,23);1H. The molecule has 0 amide bonds. The van der Waals surface area contributed by atoms with Crippen molar-refractivity contribution < 1.29 is 0 Å². The minimum absolute atomic E-state index is 0. The van der Waals surface area contributed by atoms with Crippen LogP contribution in [0.15, 0.2) is 65.7 Å². The topological polar surface area (TPSA) is 36.4 Å². The molecule has 3 nitrogen and oxygen atoms in total. The van der Waals surface area contributed by atoms with Crippen LogP contribution in [-0.2, 0) is 0 Å². The molecule has 0 aliphatic carbocycles. The second-order valence-electron chi connectivity index (χ2n) is 5.15. The average Bonchev–Trinajstić information content (AvgIpc) is 2.61. The first kappa shape index (κ1) is 20.0. The summed E-state index contributed by atoms with van der Waals surface area (Å²) in [5.74, 6) is 3.55. The molecular formula is C20H24IN3. The number of aliphatic imine (C=N–C) groups is 1. The van der Waals surface area contributed by atoms with Gasteiger partial charge in [-0.05, 0) is 18.1 Å². The van der Waals surface area contributed by atoms with Gasteiger partial charge in [0.25, 0.3) is 0 Å². The van der Waals surface area contributed by atoms with E-state index in [-0.39, 0.29) is 29.9 Å². The Morgan fingerprint density at radius 2 is 1.54 bits per heavy atom. The first-order valence-corrected chi connectivity index (χ1v) is 7.90. The highest BCUT2D eigenvalue weighted by molar-refractivity contribution is 14.0. The summed E-state index contributed by atoms with van der Waals surface area (Å²) in [5.41, 5.74) is 2.52. The van der Waals surface area contributed by atoms with Gasteiger partial charge in [0.15, 0.2) is 5.96 Å². The molecular weight excluding hydrogens is 409 g/mol. The number of benzene rings is 2. The molecule has 0 heterocycles. The Morgan fingerprint density at radius 1 is 1.00 bits per heavy atom. The van der Waals surface area contributed by atoms with E-state index in [1.54, 1.807) is 0 Å². The molecule has 2 rings (SSSR count). The molecule has 0 saturated carbocycles. The number of rotatable bonds is 6. The summed E-state index contributed by atoms with van der Waals surface area (Å²) in [6.07, 6.45) is 5.32. The van der Waals surface area contributed by atoms with Crippen molar-refractivity contribution in [2.45, 2.75) is 12.8 Å². The van der Waals surface area contributed by atoms with Crippen LogP contribution in [0.2, 0.25) is 0 Å². The summed E-state index contributed by atoms with van der Waals surface area (Å²) in [5, 5.41) is 6.35. The zero-order valence-electron chi connectivity index (χ0n) is 13.9. The van der Waals surface area contributed by atoms with Crippen LogP contribution in [0.1, 0.15) is 24.0 Å². The Hall–Kier alpha value is -2.00. The molecule has 2 aromatic rings. The van der Waals surface area contributed by atoms with Gasteiger partial charge in [0, 0.05) is 12.5 Å². The van der Waals surface area contributed by atoms with Crippen LogP contribution in [0.25, 0.3) is 0 Å². The minimum atomic E-state index is 0. The predicted molar refractivity (Wildman–Crippen MR) is 113 cm³/mol. The number of halogens is 1. The summed E-state index contributed by atoms with van der Waals surface area (Å²) < 4.78 is 0. The van der Waals surface area contributed by atoms with Crippen molar-refractivity contribution in [3.8, 4) is 12.3 Å². The second-order valence-corrected chi connectivity index (χ2v) is 5.15. The maximum absolute atomic E-state index is 5.32. The quantitative estimate of drug-likeness (QED) is 0.316. The van der Waals surface area contributed by atoms with Crippen LogP contribution in [-0.4, -0.2) is 25.6 Å². The molecule has 0 unspecified atom stereocenters. The van der Waals surface area contributed by atoms with E-state index in [9.17, 15) is 0 Å². The van der Waals surface area contributed by atoms with Crippen molar-refractivity contribution in [3.63, 3.8) is 0 Å². The molecule has 0 bridgehead atoms. The lowest BCUT2D eigenvalue weighted by atomic mass is 9.91. The molecule has 0 atom stereocenters. The van der Waals surface area contributed by atoms with Crippen LogP contribution in [0.3, 0.4) is 0 Å².